The van der Waals surface area contributed by atoms with Crippen molar-refractivity contribution in [3.63, 3.8) is 0 Å². The average molecular weight is 303 g/mol. The van der Waals surface area contributed by atoms with E-state index in [2.05, 4.69) is 11.3 Å². The molecule has 1 N–H and O–H groups in total. The van der Waals surface area contributed by atoms with Gasteiger partial charge in [-0.05, 0) is 26.3 Å². The van der Waals surface area contributed by atoms with Crippen molar-refractivity contribution < 1.29 is 17.9 Å². The summed E-state index contributed by atoms with van der Waals surface area (Å²) >= 11 is 1.22. The molecule has 1 heterocycles. The molecule has 0 aliphatic rings. The minimum atomic E-state index is -3.52. The third kappa shape index (κ3) is 3.81. The molecular weight excluding hydrogens is 286 g/mol. The molecule has 0 saturated carbocycles. The van der Waals surface area contributed by atoms with E-state index in [4.69, 9.17) is 4.74 Å². The van der Waals surface area contributed by atoms with Crippen molar-refractivity contribution in [2.24, 2.45) is 0 Å². The number of rotatable bonds is 6. The molecule has 106 valence electrons. The van der Waals surface area contributed by atoms with Gasteiger partial charge >= 0.3 is 5.97 Å². The number of hydrogen-bond donors (Lipinski definition) is 1. The number of anilines is 1. The van der Waals surface area contributed by atoms with Gasteiger partial charge in [0, 0.05) is 4.88 Å². The second kappa shape index (κ2) is 6.21. The van der Waals surface area contributed by atoms with Crippen molar-refractivity contribution >= 4 is 32.3 Å². The van der Waals surface area contributed by atoms with Crippen LogP contribution < -0.4 is 4.72 Å². The second-order valence-electron chi connectivity index (χ2n) is 3.88. The normalized spacial score (nSPS) is 11.1. The zero-order chi connectivity index (χ0) is 14.6. The molecule has 0 amide bonds. The minimum Gasteiger partial charge on any atom is -0.462 e. The summed E-state index contributed by atoms with van der Waals surface area (Å²) in [4.78, 5) is 12.7. The monoisotopic (exact) mass is 303 g/mol. The SMILES string of the molecule is C=CCS(=O)(=O)Nc1sc(C)c(C)c1C(=O)OCC. The highest BCUT2D eigenvalue weighted by Gasteiger charge is 2.23. The van der Waals surface area contributed by atoms with Crippen LogP contribution in [0.15, 0.2) is 12.7 Å². The van der Waals surface area contributed by atoms with Gasteiger partial charge in [-0.25, -0.2) is 13.2 Å². The van der Waals surface area contributed by atoms with Crippen molar-refractivity contribution in [3.05, 3.63) is 28.7 Å². The van der Waals surface area contributed by atoms with E-state index < -0.39 is 16.0 Å². The van der Waals surface area contributed by atoms with Crippen LogP contribution in [0.5, 0.6) is 0 Å². The number of hydrogen-bond acceptors (Lipinski definition) is 5. The quantitative estimate of drug-likeness (QED) is 0.647. The fourth-order valence-corrected chi connectivity index (χ4v) is 3.71. The molecule has 1 rings (SSSR count). The lowest BCUT2D eigenvalue weighted by Gasteiger charge is -2.07. The topological polar surface area (TPSA) is 72.5 Å². The number of carbonyl (C=O) groups is 1. The summed E-state index contributed by atoms with van der Waals surface area (Å²) in [5, 5.41) is 0.301. The summed E-state index contributed by atoms with van der Waals surface area (Å²) in [5.41, 5.74) is 1.02. The Morgan fingerprint density at radius 1 is 1.47 bits per heavy atom. The number of esters is 1. The Balaban J connectivity index is 3.18. The molecule has 0 spiro atoms. The van der Waals surface area contributed by atoms with Crippen LogP contribution >= 0.6 is 11.3 Å². The first-order chi connectivity index (χ1) is 8.82. The summed E-state index contributed by atoms with van der Waals surface area (Å²) < 4.78 is 30.8. The molecule has 0 aliphatic heterocycles. The summed E-state index contributed by atoms with van der Waals surface area (Å²) in [7, 11) is -3.52. The molecular formula is C12H17NO4S2. The van der Waals surface area contributed by atoms with Crippen LogP contribution in [0.25, 0.3) is 0 Å². The van der Waals surface area contributed by atoms with Crippen LogP contribution in [-0.4, -0.2) is 26.7 Å². The Hall–Kier alpha value is -1.34. The lowest BCUT2D eigenvalue weighted by atomic mass is 10.2. The lowest BCUT2D eigenvalue weighted by molar-refractivity contribution is 0.0527. The number of carbonyl (C=O) groups excluding carboxylic acids is 1. The fraction of sp³-hybridized carbons (Fsp3) is 0.417. The van der Waals surface area contributed by atoms with E-state index in [-0.39, 0.29) is 17.9 Å². The first kappa shape index (κ1) is 15.7. The zero-order valence-electron chi connectivity index (χ0n) is 11.1. The van der Waals surface area contributed by atoms with Gasteiger partial charge in [0.25, 0.3) is 0 Å². The molecule has 0 aliphatic carbocycles. The first-order valence-corrected chi connectivity index (χ1v) is 8.17. The number of ether oxygens (including phenoxy) is 1. The Labute approximate surface area is 117 Å². The van der Waals surface area contributed by atoms with Gasteiger partial charge in [-0.1, -0.05) is 6.08 Å². The van der Waals surface area contributed by atoms with Crippen LogP contribution in [0.2, 0.25) is 0 Å². The van der Waals surface area contributed by atoms with E-state index in [9.17, 15) is 13.2 Å². The highest BCUT2D eigenvalue weighted by atomic mass is 32.2. The highest BCUT2D eigenvalue weighted by Crippen LogP contribution is 2.33. The van der Waals surface area contributed by atoms with E-state index in [1.54, 1.807) is 13.8 Å². The smallest absolute Gasteiger partial charge is 0.341 e. The molecule has 1 aromatic heterocycles. The standard InChI is InChI=1S/C12H17NO4S2/c1-5-7-19(15,16)13-11-10(12(14)17-6-2)8(3)9(4)18-11/h5,13H,1,6-7H2,2-4H3. The van der Waals surface area contributed by atoms with Gasteiger partial charge in [0.1, 0.15) is 5.00 Å². The third-order valence-corrected chi connectivity index (χ3v) is 4.89. The molecule has 0 radical (unpaired) electrons. The molecule has 0 bridgehead atoms. The van der Waals surface area contributed by atoms with Gasteiger partial charge in [0.05, 0.1) is 17.9 Å². The van der Waals surface area contributed by atoms with Crippen LogP contribution in [0, 0.1) is 13.8 Å². The van der Waals surface area contributed by atoms with Crippen molar-refractivity contribution in [1.29, 1.82) is 0 Å². The molecule has 19 heavy (non-hydrogen) atoms. The highest BCUT2D eigenvalue weighted by molar-refractivity contribution is 7.93. The Morgan fingerprint density at radius 2 is 2.11 bits per heavy atom. The number of aryl methyl sites for hydroxylation is 1. The molecule has 0 atom stereocenters. The van der Waals surface area contributed by atoms with Crippen molar-refractivity contribution in [2.45, 2.75) is 20.8 Å². The van der Waals surface area contributed by atoms with E-state index in [1.807, 2.05) is 6.92 Å². The Morgan fingerprint density at radius 3 is 2.63 bits per heavy atom. The molecule has 0 unspecified atom stereocenters. The van der Waals surface area contributed by atoms with Gasteiger partial charge < -0.3 is 4.74 Å². The maximum atomic E-state index is 11.9. The number of thiophene rings is 1. The summed E-state index contributed by atoms with van der Waals surface area (Å²) in [6.45, 7) is 8.93. The second-order valence-corrected chi connectivity index (χ2v) is 6.87. The fourth-order valence-electron chi connectivity index (χ4n) is 1.49. The first-order valence-electron chi connectivity index (χ1n) is 5.70. The predicted molar refractivity (Wildman–Crippen MR) is 77.4 cm³/mol. The molecule has 0 fully saturated rings. The van der Waals surface area contributed by atoms with E-state index in [1.165, 1.54) is 17.4 Å². The largest absolute Gasteiger partial charge is 0.462 e. The summed E-state index contributed by atoms with van der Waals surface area (Å²) in [6.07, 6.45) is 1.29. The predicted octanol–water partition coefficient (Wildman–Crippen LogP) is 2.47. The minimum absolute atomic E-state index is 0.203. The molecule has 7 heteroatoms. The van der Waals surface area contributed by atoms with Crippen LogP contribution in [0.1, 0.15) is 27.7 Å². The third-order valence-electron chi connectivity index (χ3n) is 2.45. The van der Waals surface area contributed by atoms with Crippen LogP contribution in [0.4, 0.5) is 5.00 Å². The Bertz CT molecular complexity index is 587. The molecule has 0 aromatic carbocycles. The van der Waals surface area contributed by atoms with Gasteiger partial charge in [-0.15, -0.1) is 17.9 Å². The van der Waals surface area contributed by atoms with Crippen molar-refractivity contribution in [3.8, 4) is 0 Å². The van der Waals surface area contributed by atoms with Crippen molar-refractivity contribution in [2.75, 3.05) is 17.1 Å². The van der Waals surface area contributed by atoms with E-state index >= 15 is 0 Å². The molecule has 0 saturated heterocycles. The zero-order valence-corrected chi connectivity index (χ0v) is 12.8. The van der Waals surface area contributed by atoms with E-state index in [0.29, 0.717) is 5.00 Å². The summed E-state index contributed by atoms with van der Waals surface area (Å²) in [5.74, 6) is -0.716. The van der Waals surface area contributed by atoms with E-state index in [0.717, 1.165) is 10.4 Å². The van der Waals surface area contributed by atoms with Crippen molar-refractivity contribution in [1.82, 2.24) is 0 Å². The maximum absolute atomic E-state index is 11.9. The summed E-state index contributed by atoms with van der Waals surface area (Å²) in [6, 6.07) is 0. The van der Waals surface area contributed by atoms with Crippen LogP contribution in [-0.2, 0) is 14.8 Å². The molecule has 1 aromatic rings. The van der Waals surface area contributed by atoms with Gasteiger partial charge in [-0.2, -0.15) is 0 Å². The number of sulfonamides is 1. The average Bonchev–Trinajstić information content (AvgIpc) is 2.53. The number of nitrogens with one attached hydrogen (secondary N) is 1. The maximum Gasteiger partial charge on any atom is 0.341 e. The van der Waals surface area contributed by atoms with Gasteiger partial charge in [0.15, 0.2) is 0 Å². The Kier molecular flexibility index (Phi) is 5.13. The van der Waals surface area contributed by atoms with Gasteiger partial charge in [-0.3, -0.25) is 4.72 Å². The van der Waals surface area contributed by atoms with Gasteiger partial charge in [0.2, 0.25) is 10.0 Å². The van der Waals surface area contributed by atoms with Crippen LogP contribution in [0.3, 0.4) is 0 Å². The molecule has 5 nitrogen and oxygen atoms in total. The lowest BCUT2D eigenvalue weighted by Crippen LogP contribution is -2.17.